The fourth-order valence-electron chi connectivity index (χ4n) is 1.91. The molecule has 4 atom stereocenters. The van der Waals surface area contributed by atoms with Crippen molar-refractivity contribution in [1.29, 1.82) is 0 Å². The fourth-order valence-corrected chi connectivity index (χ4v) is 2.20. The van der Waals surface area contributed by atoms with Gasteiger partial charge in [-0.1, -0.05) is 42.5 Å². The maximum atomic E-state index is 9.99. The lowest BCUT2D eigenvalue weighted by molar-refractivity contribution is -0.117. The van der Waals surface area contributed by atoms with Gasteiger partial charge in [-0.05, 0) is 5.56 Å². The van der Waals surface area contributed by atoms with Crippen molar-refractivity contribution < 1.29 is 25.5 Å². The fraction of sp³-hybridized carbons (Fsp3) is 0.500. The van der Waals surface area contributed by atoms with Crippen molar-refractivity contribution in [1.82, 2.24) is 4.90 Å². The van der Waals surface area contributed by atoms with Gasteiger partial charge < -0.3 is 30.4 Å². The van der Waals surface area contributed by atoms with Crippen LogP contribution in [-0.2, 0) is 6.54 Å². The predicted molar refractivity (Wildman–Crippen MR) is 89.5 cm³/mol. The van der Waals surface area contributed by atoms with Crippen LogP contribution in [0.4, 0.5) is 0 Å². The molecule has 124 valence electrons. The first-order valence-corrected chi connectivity index (χ1v) is 7.57. The normalized spacial score (nSPS) is 16.6. The minimum absolute atomic E-state index is 0.0758. The van der Waals surface area contributed by atoms with Crippen LogP contribution in [0.2, 0.25) is 0 Å². The average molecular weight is 347 g/mol. The number of aliphatic hydroxyl groups is 5. The van der Waals surface area contributed by atoms with Gasteiger partial charge in [-0.25, -0.2) is 0 Å². The van der Waals surface area contributed by atoms with Gasteiger partial charge in [0.2, 0.25) is 0 Å². The molecule has 0 amide bonds. The zero-order chi connectivity index (χ0) is 16.7. The molecule has 22 heavy (non-hydrogen) atoms. The van der Waals surface area contributed by atoms with Crippen LogP contribution in [0, 0.1) is 0 Å². The summed E-state index contributed by atoms with van der Waals surface area (Å²) in [5, 5.41) is 47.5. The number of benzene rings is 1. The van der Waals surface area contributed by atoms with Crippen molar-refractivity contribution in [2.24, 2.45) is 0 Å². The van der Waals surface area contributed by atoms with Crippen molar-refractivity contribution in [2.75, 3.05) is 13.2 Å². The summed E-state index contributed by atoms with van der Waals surface area (Å²) >= 11 is 9.10. The Hall–Kier alpha value is -0.740. The second kappa shape index (κ2) is 9.41. The van der Waals surface area contributed by atoms with Crippen LogP contribution in [0.1, 0.15) is 5.56 Å². The van der Waals surface area contributed by atoms with E-state index in [4.69, 9.17) is 17.3 Å². The van der Waals surface area contributed by atoms with Crippen LogP contribution < -0.4 is 0 Å². The molecule has 0 aliphatic heterocycles. The van der Waals surface area contributed by atoms with Crippen molar-refractivity contribution in [3.8, 4) is 0 Å². The Balaban J connectivity index is 2.68. The third-order valence-corrected chi connectivity index (χ3v) is 3.76. The van der Waals surface area contributed by atoms with E-state index in [1.165, 1.54) is 0 Å². The van der Waals surface area contributed by atoms with E-state index in [-0.39, 0.29) is 10.9 Å². The van der Waals surface area contributed by atoms with Gasteiger partial charge in [0.25, 0.3) is 0 Å². The number of nitrogens with zero attached hydrogens (tertiary/aromatic N) is 1. The molecule has 0 radical (unpaired) electrons. The zero-order valence-electron chi connectivity index (χ0n) is 11.9. The molecule has 0 spiro atoms. The van der Waals surface area contributed by atoms with Gasteiger partial charge in [0.15, 0.2) is 0 Å². The number of hydrogen-bond acceptors (Lipinski definition) is 6. The summed E-state index contributed by atoms with van der Waals surface area (Å²) in [4.78, 5) is 1.56. The van der Waals surface area contributed by atoms with Crippen LogP contribution in [-0.4, -0.2) is 72.3 Å². The summed E-state index contributed by atoms with van der Waals surface area (Å²) in [5.74, 6) is 0. The number of aliphatic hydroxyl groups excluding tert-OH is 5. The molecule has 0 aliphatic carbocycles. The molecule has 1 unspecified atom stereocenters. The Kier molecular flexibility index (Phi) is 8.26. The van der Waals surface area contributed by atoms with Gasteiger partial charge in [-0.3, -0.25) is 0 Å². The highest BCUT2D eigenvalue weighted by atomic mass is 32.1. The summed E-state index contributed by atoms with van der Waals surface area (Å²) in [6.07, 6.45) is -6.18. The van der Waals surface area contributed by atoms with Crippen LogP contribution in [0.5, 0.6) is 0 Å². The minimum Gasteiger partial charge on any atom is -0.394 e. The molecule has 1 aromatic carbocycles. The molecule has 0 aliphatic rings. The molecule has 0 aromatic heterocycles. The highest BCUT2D eigenvalue weighted by Gasteiger charge is 2.31. The SMILES string of the molecule is OCC(O)[C@@H](O)[C@H](O)[C@@H](O)CN(Cc1ccccc1)C(=S)S. The highest BCUT2D eigenvalue weighted by molar-refractivity contribution is 8.10. The Morgan fingerprint density at radius 2 is 1.59 bits per heavy atom. The summed E-state index contributed by atoms with van der Waals surface area (Å²) in [6.45, 7) is -0.414. The van der Waals surface area contributed by atoms with Crippen LogP contribution >= 0.6 is 24.8 Å². The number of rotatable bonds is 8. The Morgan fingerprint density at radius 1 is 1.05 bits per heavy atom. The molecule has 1 rings (SSSR count). The second-order valence-electron chi connectivity index (χ2n) is 4.95. The van der Waals surface area contributed by atoms with E-state index < -0.39 is 31.0 Å². The quantitative estimate of drug-likeness (QED) is 0.269. The van der Waals surface area contributed by atoms with Crippen molar-refractivity contribution in [3.05, 3.63) is 35.9 Å². The lowest BCUT2D eigenvalue weighted by atomic mass is 10.0. The van der Waals surface area contributed by atoms with Crippen molar-refractivity contribution in [3.63, 3.8) is 0 Å². The highest BCUT2D eigenvalue weighted by Crippen LogP contribution is 2.12. The third-order valence-electron chi connectivity index (χ3n) is 3.22. The van der Waals surface area contributed by atoms with Gasteiger partial charge in [0.1, 0.15) is 28.7 Å². The van der Waals surface area contributed by atoms with Crippen LogP contribution in [0.25, 0.3) is 0 Å². The maximum absolute atomic E-state index is 9.99. The monoisotopic (exact) mass is 347 g/mol. The minimum atomic E-state index is -1.66. The molecule has 0 bridgehead atoms. The lowest BCUT2D eigenvalue weighted by Gasteiger charge is -2.30. The van der Waals surface area contributed by atoms with E-state index in [1.807, 2.05) is 30.3 Å². The van der Waals surface area contributed by atoms with Crippen LogP contribution in [0.15, 0.2) is 30.3 Å². The van der Waals surface area contributed by atoms with E-state index in [2.05, 4.69) is 12.6 Å². The van der Waals surface area contributed by atoms with Gasteiger partial charge in [-0.2, -0.15) is 0 Å². The van der Waals surface area contributed by atoms with Gasteiger partial charge in [0.05, 0.1) is 6.61 Å². The van der Waals surface area contributed by atoms with Gasteiger partial charge >= 0.3 is 0 Å². The standard InChI is InChI=1S/C14H21NO5S2/c16-8-11(18)13(20)12(19)10(17)7-15(14(21)22)6-9-4-2-1-3-5-9/h1-5,10-13,16-20H,6-8H2,(H,21,22)/t10-,11?,12+,13+/m0/s1. The molecule has 8 heteroatoms. The third kappa shape index (κ3) is 5.81. The van der Waals surface area contributed by atoms with Crippen molar-refractivity contribution >= 4 is 29.2 Å². The van der Waals surface area contributed by atoms with E-state index in [0.29, 0.717) is 6.54 Å². The first-order chi connectivity index (χ1) is 10.4. The Bertz CT molecular complexity index is 462. The number of thiocarbonyl (C=S) groups is 1. The topological polar surface area (TPSA) is 104 Å². The maximum Gasteiger partial charge on any atom is 0.133 e. The predicted octanol–water partition coefficient (Wildman–Crippen LogP) is -0.861. The zero-order valence-corrected chi connectivity index (χ0v) is 13.6. The molecular weight excluding hydrogens is 326 g/mol. The molecule has 0 saturated carbocycles. The summed E-state index contributed by atoms with van der Waals surface area (Å²) in [6, 6.07) is 9.36. The van der Waals surface area contributed by atoms with Crippen LogP contribution in [0.3, 0.4) is 0 Å². The van der Waals surface area contributed by atoms with Crippen molar-refractivity contribution in [2.45, 2.75) is 31.0 Å². The molecule has 0 saturated heterocycles. The first-order valence-electron chi connectivity index (χ1n) is 6.71. The Labute approximate surface area is 140 Å². The van der Waals surface area contributed by atoms with Gasteiger partial charge in [-0.15, -0.1) is 12.6 Å². The Morgan fingerprint density at radius 3 is 2.09 bits per heavy atom. The molecule has 0 fully saturated rings. The van der Waals surface area contributed by atoms with E-state index in [0.717, 1.165) is 5.56 Å². The summed E-state index contributed by atoms with van der Waals surface area (Å²) in [7, 11) is 0. The molecular formula is C14H21NO5S2. The number of hydrogen-bond donors (Lipinski definition) is 6. The van der Waals surface area contributed by atoms with E-state index in [1.54, 1.807) is 4.90 Å². The average Bonchev–Trinajstić information content (AvgIpc) is 2.52. The smallest absolute Gasteiger partial charge is 0.133 e. The molecule has 6 nitrogen and oxygen atoms in total. The second-order valence-corrected chi connectivity index (χ2v) is 6.06. The summed E-state index contributed by atoms with van der Waals surface area (Å²) < 4.78 is 0.229. The lowest BCUT2D eigenvalue weighted by Crippen LogP contribution is -2.49. The van der Waals surface area contributed by atoms with Gasteiger partial charge in [0, 0.05) is 13.1 Å². The number of thiol groups is 1. The largest absolute Gasteiger partial charge is 0.394 e. The summed E-state index contributed by atoms with van der Waals surface area (Å²) in [5.41, 5.74) is 0.941. The van der Waals surface area contributed by atoms with E-state index in [9.17, 15) is 20.4 Å². The van der Waals surface area contributed by atoms with E-state index >= 15 is 0 Å². The molecule has 5 N–H and O–H groups in total. The first kappa shape index (κ1) is 19.3. The molecule has 0 heterocycles. The molecule has 1 aromatic rings.